The molecule has 0 N–H and O–H groups in total. The van der Waals surface area contributed by atoms with Crippen molar-refractivity contribution in [1.29, 1.82) is 0 Å². The fourth-order valence-corrected chi connectivity index (χ4v) is 2.65. The molecule has 0 aromatic heterocycles. The normalized spacial score (nSPS) is 23.1. The van der Waals surface area contributed by atoms with E-state index in [0.717, 1.165) is 0 Å². The van der Waals surface area contributed by atoms with E-state index in [1.165, 1.54) is 0 Å². The molecular weight excluding hydrogens is 224 g/mol. The number of allylic oxidation sites excluding steroid dienone is 6. The molecule has 18 heavy (non-hydrogen) atoms. The molecule has 2 heteroatoms. The number of carbonyl (C=O) groups excluding carboxylic acids is 2. The molecule has 1 saturated carbocycles. The maximum Gasteiger partial charge on any atom is 0.177 e. The molecule has 1 aliphatic carbocycles. The predicted molar refractivity (Wildman–Crippen MR) is 74.1 cm³/mol. The molecule has 0 heterocycles. The molecule has 0 radical (unpaired) electrons. The molecule has 96 valence electrons. The van der Waals surface area contributed by atoms with Crippen molar-refractivity contribution in [3.63, 3.8) is 0 Å². The van der Waals surface area contributed by atoms with E-state index in [4.69, 9.17) is 0 Å². The minimum Gasteiger partial charge on any atom is -0.293 e. The van der Waals surface area contributed by atoms with E-state index in [0.29, 0.717) is 17.6 Å². The van der Waals surface area contributed by atoms with E-state index in [-0.39, 0.29) is 17.5 Å². The highest BCUT2D eigenvalue weighted by molar-refractivity contribution is 6.32. The Morgan fingerprint density at radius 3 is 1.67 bits per heavy atom. The third-order valence-corrected chi connectivity index (χ3v) is 3.70. The average molecular weight is 244 g/mol. The van der Waals surface area contributed by atoms with Crippen LogP contribution in [0.15, 0.2) is 48.6 Å². The van der Waals surface area contributed by atoms with Crippen LogP contribution >= 0.6 is 0 Å². The minimum absolute atomic E-state index is 0.0218. The van der Waals surface area contributed by atoms with Crippen molar-refractivity contribution < 1.29 is 9.59 Å². The number of rotatable bonds is 4. The highest BCUT2D eigenvalue weighted by Gasteiger charge is 2.55. The first-order valence-corrected chi connectivity index (χ1v) is 6.22. The molecule has 0 bridgehead atoms. The van der Waals surface area contributed by atoms with Gasteiger partial charge >= 0.3 is 0 Å². The fraction of sp³-hybridized carbons (Fsp3) is 0.375. The second-order valence-electron chi connectivity index (χ2n) is 4.77. The Bertz CT molecular complexity index is 425. The van der Waals surface area contributed by atoms with Crippen molar-refractivity contribution in [2.45, 2.75) is 27.2 Å². The van der Waals surface area contributed by atoms with Gasteiger partial charge in [0.15, 0.2) is 11.6 Å². The lowest BCUT2D eigenvalue weighted by atomic mass is 9.71. The first-order valence-electron chi connectivity index (χ1n) is 6.22. The van der Waals surface area contributed by atoms with Gasteiger partial charge in [0.25, 0.3) is 0 Å². The summed E-state index contributed by atoms with van der Waals surface area (Å²) in [5.74, 6) is -0.192. The van der Waals surface area contributed by atoms with E-state index in [1.807, 2.05) is 20.8 Å². The smallest absolute Gasteiger partial charge is 0.177 e. The summed E-state index contributed by atoms with van der Waals surface area (Å²) in [4.78, 5) is 25.1. The molecule has 1 fully saturated rings. The van der Waals surface area contributed by atoms with Gasteiger partial charge in [-0.25, -0.2) is 0 Å². The SMILES string of the molecule is C=C/C=C1/C(=O)C(CC)(C(C)C)C(=O)/C1=C/C=C. The van der Waals surface area contributed by atoms with Crippen LogP contribution in [0.5, 0.6) is 0 Å². The van der Waals surface area contributed by atoms with Crippen molar-refractivity contribution in [3.8, 4) is 0 Å². The summed E-state index contributed by atoms with van der Waals surface area (Å²) in [6.45, 7) is 12.9. The molecule has 0 atom stereocenters. The van der Waals surface area contributed by atoms with Crippen LogP contribution in [-0.2, 0) is 9.59 Å². The molecule has 0 aromatic carbocycles. The maximum atomic E-state index is 12.6. The summed E-state index contributed by atoms with van der Waals surface area (Å²) in [5, 5.41) is 0. The number of hydrogen-bond acceptors (Lipinski definition) is 2. The maximum absolute atomic E-state index is 12.6. The highest BCUT2D eigenvalue weighted by atomic mass is 16.2. The first kappa shape index (κ1) is 14.4. The van der Waals surface area contributed by atoms with Crippen molar-refractivity contribution in [1.82, 2.24) is 0 Å². The lowest BCUT2D eigenvalue weighted by Gasteiger charge is -2.27. The van der Waals surface area contributed by atoms with E-state index in [9.17, 15) is 9.59 Å². The topological polar surface area (TPSA) is 34.1 Å². The van der Waals surface area contributed by atoms with E-state index in [1.54, 1.807) is 24.3 Å². The van der Waals surface area contributed by atoms with Crippen LogP contribution in [-0.4, -0.2) is 11.6 Å². The van der Waals surface area contributed by atoms with Crippen LogP contribution in [0, 0.1) is 11.3 Å². The van der Waals surface area contributed by atoms with Crippen molar-refractivity contribution in [2.24, 2.45) is 11.3 Å². The van der Waals surface area contributed by atoms with Gasteiger partial charge < -0.3 is 0 Å². The summed E-state index contributed by atoms with van der Waals surface area (Å²) in [7, 11) is 0. The molecule has 1 aliphatic rings. The third kappa shape index (κ3) is 1.82. The van der Waals surface area contributed by atoms with Crippen LogP contribution in [0.1, 0.15) is 27.2 Å². The van der Waals surface area contributed by atoms with Gasteiger partial charge in [0.1, 0.15) is 0 Å². The summed E-state index contributed by atoms with van der Waals surface area (Å²) >= 11 is 0. The van der Waals surface area contributed by atoms with E-state index in [2.05, 4.69) is 13.2 Å². The van der Waals surface area contributed by atoms with Crippen LogP contribution in [0.4, 0.5) is 0 Å². The van der Waals surface area contributed by atoms with Crippen molar-refractivity contribution in [2.75, 3.05) is 0 Å². The Morgan fingerprint density at radius 2 is 1.44 bits per heavy atom. The fourth-order valence-electron chi connectivity index (χ4n) is 2.65. The Hall–Kier alpha value is -1.70. The monoisotopic (exact) mass is 244 g/mol. The molecule has 0 amide bonds. The largest absolute Gasteiger partial charge is 0.293 e. The molecule has 2 nitrogen and oxygen atoms in total. The summed E-state index contributed by atoms with van der Waals surface area (Å²) < 4.78 is 0. The number of Topliss-reactive ketones (excluding diaryl/α,β-unsaturated/α-hetero) is 2. The van der Waals surface area contributed by atoms with Crippen molar-refractivity contribution >= 4 is 11.6 Å². The lowest BCUT2D eigenvalue weighted by Crippen LogP contribution is -2.38. The summed E-state index contributed by atoms with van der Waals surface area (Å²) in [6.07, 6.45) is 6.85. The van der Waals surface area contributed by atoms with Crippen LogP contribution < -0.4 is 0 Å². The van der Waals surface area contributed by atoms with E-state index < -0.39 is 5.41 Å². The van der Waals surface area contributed by atoms with Gasteiger partial charge in [-0.15, -0.1) is 0 Å². The molecule has 1 rings (SSSR count). The zero-order chi connectivity index (χ0) is 13.9. The Kier molecular flexibility index (Phi) is 4.23. The van der Waals surface area contributed by atoms with E-state index >= 15 is 0 Å². The second kappa shape index (κ2) is 5.30. The van der Waals surface area contributed by atoms with Gasteiger partial charge in [-0.05, 0) is 12.3 Å². The average Bonchev–Trinajstić information content (AvgIpc) is 2.52. The molecular formula is C16H20O2. The molecule has 0 unspecified atom stereocenters. The number of hydrogen-bond donors (Lipinski definition) is 0. The van der Waals surface area contributed by atoms with Gasteiger partial charge in [0.05, 0.1) is 5.41 Å². The molecule has 0 spiro atoms. The predicted octanol–water partition coefficient (Wildman–Crippen LogP) is 3.42. The number of ketones is 2. The lowest BCUT2D eigenvalue weighted by molar-refractivity contribution is -0.136. The zero-order valence-electron chi connectivity index (χ0n) is 11.3. The van der Waals surface area contributed by atoms with Gasteiger partial charge in [0, 0.05) is 11.1 Å². The van der Waals surface area contributed by atoms with Crippen LogP contribution in [0.3, 0.4) is 0 Å². The zero-order valence-corrected chi connectivity index (χ0v) is 11.3. The first-order chi connectivity index (χ1) is 8.47. The molecule has 0 aliphatic heterocycles. The van der Waals surface area contributed by atoms with Crippen molar-refractivity contribution in [3.05, 3.63) is 48.6 Å². The minimum atomic E-state index is -0.913. The Labute approximate surface area is 109 Å². The highest BCUT2D eigenvalue weighted by Crippen LogP contribution is 2.46. The third-order valence-electron chi connectivity index (χ3n) is 3.70. The number of carbonyl (C=O) groups is 2. The van der Waals surface area contributed by atoms with Gasteiger partial charge in [-0.2, -0.15) is 0 Å². The molecule has 0 aromatic rings. The van der Waals surface area contributed by atoms with Crippen LogP contribution in [0.2, 0.25) is 0 Å². The Morgan fingerprint density at radius 1 is 1.06 bits per heavy atom. The van der Waals surface area contributed by atoms with Gasteiger partial charge in [-0.3, -0.25) is 9.59 Å². The van der Waals surface area contributed by atoms with Gasteiger partial charge in [-0.1, -0.05) is 58.2 Å². The Balaban J connectivity index is 3.54. The second-order valence-corrected chi connectivity index (χ2v) is 4.77. The molecule has 0 saturated heterocycles. The quantitative estimate of drug-likeness (QED) is 0.561. The van der Waals surface area contributed by atoms with Gasteiger partial charge in [0.2, 0.25) is 0 Å². The standard InChI is InChI=1S/C16H20O2/c1-6-9-12-13(10-7-2)15(18)16(8-3,11(4)5)14(12)17/h6-7,9-11H,1-2,8H2,3-5H3/b12-9+,13-10+. The summed E-state index contributed by atoms with van der Waals surface area (Å²) in [6, 6.07) is 0. The van der Waals surface area contributed by atoms with Crippen LogP contribution in [0.25, 0.3) is 0 Å². The summed E-state index contributed by atoms with van der Waals surface area (Å²) in [5.41, 5.74) is 0.0138.